The van der Waals surface area contributed by atoms with Crippen LogP contribution in [0.3, 0.4) is 0 Å². The van der Waals surface area contributed by atoms with Crippen molar-refractivity contribution in [2.45, 2.75) is 19.4 Å². The summed E-state index contributed by atoms with van der Waals surface area (Å²) in [5.74, 6) is 2.18. The number of allylic oxidation sites excluding steroid dienone is 2. The Labute approximate surface area is 289 Å². The molecule has 238 valence electrons. The van der Waals surface area contributed by atoms with Gasteiger partial charge in [-0.3, -0.25) is 4.99 Å². The Morgan fingerprint density at radius 3 is 1.45 bits per heavy atom. The van der Waals surface area contributed by atoms with Gasteiger partial charge in [0.1, 0.15) is 5.84 Å². The van der Waals surface area contributed by atoms with Crippen LogP contribution in [-0.2, 0) is 6.54 Å². The van der Waals surface area contributed by atoms with Crippen LogP contribution in [0.2, 0.25) is 0 Å². The van der Waals surface area contributed by atoms with E-state index in [-0.39, 0.29) is 0 Å². The molecule has 49 heavy (non-hydrogen) atoms. The first-order chi connectivity index (χ1) is 24.2. The zero-order chi connectivity index (χ0) is 33.0. The van der Waals surface area contributed by atoms with Gasteiger partial charge in [0.05, 0.1) is 6.54 Å². The van der Waals surface area contributed by atoms with E-state index < -0.39 is 0 Å². The van der Waals surface area contributed by atoms with E-state index in [2.05, 4.69) is 181 Å². The highest BCUT2D eigenvalue weighted by molar-refractivity contribution is 5.99. The molecule has 0 bridgehead atoms. The van der Waals surface area contributed by atoms with Crippen molar-refractivity contribution >= 4 is 22.9 Å². The molecule has 1 fully saturated rings. The maximum absolute atomic E-state index is 6.36. The van der Waals surface area contributed by atoms with Crippen molar-refractivity contribution in [2.24, 2.45) is 22.6 Å². The Hall–Kier alpha value is -5.93. The lowest BCUT2D eigenvalue weighted by molar-refractivity contribution is 0.812. The van der Waals surface area contributed by atoms with E-state index in [1.165, 1.54) is 39.8 Å². The number of rotatable bonds is 9. The summed E-state index contributed by atoms with van der Waals surface area (Å²) in [6, 6.07) is 56.2. The Kier molecular flexibility index (Phi) is 8.48. The normalized spacial score (nSPS) is 16.7. The minimum atomic E-state index is 0.574. The maximum atomic E-state index is 6.36. The van der Waals surface area contributed by atoms with Gasteiger partial charge in [0, 0.05) is 22.6 Å². The van der Waals surface area contributed by atoms with Gasteiger partial charge in [-0.2, -0.15) is 0 Å². The number of aliphatic imine (C=N–C) groups is 1. The van der Waals surface area contributed by atoms with E-state index in [4.69, 9.17) is 10.7 Å². The average molecular weight is 634 g/mol. The summed E-state index contributed by atoms with van der Waals surface area (Å²) in [7, 11) is 0. The molecule has 2 aliphatic rings. The lowest BCUT2D eigenvalue weighted by Crippen LogP contribution is -2.14. The van der Waals surface area contributed by atoms with Gasteiger partial charge in [-0.05, 0) is 100 Å². The van der Waals surface area contributed by atoms with E-state index in [1.807, 2.05) is 0 Å². The largest absolute Gasteiger partial charge is 0.384 e. The van der Waals surface area contributed by atoms with Crippen LogP contribution in [0.4, 0.5) is 17.1 Å². The third kappa shape index (κ3) is 6.88. The molecule has 6 aromatic carbocycles. The van der Waals surface area contributed by atoms with Crippen molar-refractivity contribution in [3.05, 3.63) is 187 Å². The number of nitrogens with two attached hydrogens (primary N) is 1. The van der Waals surface area contributed by atoms with E-state index in [1.54, 1.807) is 0 Å². The molecule has 0 radical (unpaired) electrons. The van der Waals surface area contributed by atoms with Crippen LogP contribution in [0.25, 0.3) is 33.4 Å². The van der Waals surface area contributed by atoms with E-state index in [9.17, 15) is 0 Å². The minimum absolute atomic E-state index is 0.574. The van der Waals surface area contributed by atoms with Gasteiger partial charge < -0.3 is 10.6 Å². The molecule has 0 saturated heterocycles. The van der Waals surface area contributed by atoms with E-state index in [0.29, 0.717) is 12.4 Å². The molecule has 0 aliphatic heterocycles. The standard InChI is InChI=1S/C46H39N3/c47-46(40-15-17-41-31-42(41)18-16-40)48-32-33-11-13-36(14-12-33)39-23-29-45(30-24-39)49(43-25-19-37(20-26-43)34-7-3-1-4-8-34)44-27-21-38(22-28-44)35-9-5-2-6-10-35/h1-17,19-30,41-42H,18,31-32H2,(H2,47,48)/t41-,42+/m1/s1. The van der Waals surface area contributed by atoms with Gasteiger partial charge in [0.2, 0.25) is 0 Å². The second-order valence-electron chi connectivity index (χ2n) is 13.0. The van der Waals surface area contributed by atoms with E-state index in [0.717, 1.165) is 46.5 Å². The SMILES string of the molecule is NC(=NCc1ccc(-c2ccc(N(c3ccc(-c4ccccc4)cc3)c3ccc(-c4ccccc4)cc3)cc2)cc1)C1=CC[C@H]2C[C@H]2C=C1. The lowest BCUT2D eigenvalue weighted by atomic mass is 10.0. The number of benzene rings is 6. The number of hydrogen-bond donors (Lipinski definition) is 1. The number of fused-ring (bicyclic) bond motifs is 1. The number of anilines is 3. The lowest BCUT2D eigenvalue weighted by Gasteiger charge is -2.26. The van der Waals surface area contributed by atoms with Crippen LogP contribution in [-0.4, -0.2) is 5.84 Å². The van der Waals surface area contributed by atoms with E-state index >= 15 is 0 Å². The van der Waals surface area contributed by atoms with Gasteiger partial charge in [-0.1, -0.05) is 140 Å². The van der Waals surface area contributed by atoms with Crippen molar-refractivity contribution in [3.63, 3.8) is 0 Å². The Bertz CT molecular complexity index is 2030. The van der Waals surface area contributed by atoms with Crippen LogP contribution in [0.1, 0.15) is 18.4 Å². The summed E-state index contributed by atoms with van der Waals surface area (Å²) in [5, 5.41) is 0. The molecule has 8 rings (SSSR count). The summed E-state index contributed by atoms with van der Waals surface area (Å²) in [6.07, 6.45) is 9.13. The average Bonchev–Trinajstić information content (AvgIpc) is 3.96. The first-order valence-electron chi connectivity index (χ1n) is 17.2. The summed E-state index contributed by atoms with van der Waals surface area (Å²) >= 11 is 0. The maximum Gasteiger partial charge on any atom is 0.125 e. The van der Waals surface area contributed by atoms with Crippen LogP contribution >= 0.6 is 0 Å². The summed E-state index contributed by atoms with van der Waals surface area (Å²) < 4.78 is 0. The van der Waals surface area contributed by atoms with Gasteiger partial charge in [-0.15, -0.1) is 0 Å². The molecule has 0 amide bonds. The van der Waals surface area contributed by atoms with Crippen LogP contribution in [0.5, 0.6) is 0 Å². The third-order valence-corrected chi connectivity index (χ3v) is 9.75. The Morgan fingerprint density at radius 1 is 0.551 bits per heavy atom. The van der Waals surface area contributed by atoms with Crippen molar-refractivity contribution < 1.29 is 0 Å². The molecule has 1 saturated carbocycles. The fourth-order valence-corrected chi connectivity index (χ4v) is 6.73. The molecule has 3 heteroatoms. The highest BCUT2D eigenvalue weighted by atomic mass is 15.1. The molecule has 2 N–H and O–H groups in total. The number of nitrogens with zero attached hydrogens (tertiary/aromatic N) is 2. The zero-order valence-electron chi connectivity index (χ0n) is 27.5. The predicted molar refractivity (Wildman–Crippen MR) is 206 cm³/mol. The monoisotopic (exact) mass is 633 g/mol. The van der Waals surface area contributed by atoms with Gasteiger partial charge in [0.25, 0.3) is 0 Å². The molecule has 0 spiro atoms. The fraction of sp³-hybridized carbons (Fsp3) is 0.109. The second kappa shape index (κ2) is 13.7. The Balaban J connectivity index is 1.03. The second-order valence-corrected chi connectivity index (χ2v) is 13.0. The summed E-state index contributed by atoms with van der Waals surface area (Å²) in [5.41, 5.74) is 19.1. The molecule has 0 unspecified atom stereocenters. The molecule has 3 nitrogen and oxygen atoms in total. The van der Waals surface area contributed by atoms with Crippen LogP contribution < -0.4 is 10.6 Å². The summed E-state index contributed by atoms with van der Waals surface area (Å²) in [6.45, 7) is 0.574. The smallest absolute Gasteiger partial charge is 0.125 e. The highest BCUT2D eigenvalue weighted by Crippen LogP contribution is 2.44. The fourth-order valence-electron chi connectivity index (χ4n) is 6.73. The first-order valence-corrected chi connectivity index (χ1v) is 17.2. The molecule has 0 aromatic heterocycles. The van der Waals surface area contributed by atoms with Crippen molar-refractivity contribution in [3.8, 4) is 33.4 Å². The van der Waals surface area contributed by atoms with Gasteiger partial charge >= 0.3 is 0 Å². The number of amidine groups is 1. The van der Waals surface area contributed by atoms with Crippen molar-refractivity contribution in [1.29, 1.82) is 0 Å². The predicted octanol–water partition coefficient (Wildman–Crippen LogP) is 11.5. The van der Waals surface area contributed by atoms with Crippen molar-refractivity contribution in [2.75, 3.05) is 4.90 Å². The molecular formula is C46H39N3. The third-order valence-electron chi connectivity index (χ3n) is 9.75. The quantitative estimate of drug-likeness (QED) is 0.127. The molecule has 0 heterocycles. The first kappa shape index (κ1) is 30.4. The molecular weight excluding hydrogens is 595 g/mol. The van der Waals surface area contributed by atoms with Gasteiger partial charge in [0.15, 0.2) is 0 Å². The van der Waals surface area contributed by atoms with Crippen LogP contribution in [0.15, 0.2) is 187 Å². The summed E-state index contributed by atoms with van der Waals surface area (Å²) in [4.78, 5) is 7.03. The molecule has 2 aliphatic carbocycles. The molecule has 2 atom stereocenters. The van der Waals surface area contributed by atoms with Crippen LogP contribution in [0, 0.1) is 11.8 Å². The zero-order valence-corrected chi connectivity index (χ0v) is 27.5. The minimum Gasteiger partial charge on any atom is -0.384 e. The van der Waals surface area contributed by atoms with Crippen molar-refractivity contribution in [1.82, 2.24) is 0 Å². The highest BCUT2D eigenvalue weighted by Gasteiger charge is 2.34. The Morgan fingerprint density at radius 2 is 0.980 bits per heavy atom. The van der Waals surface area contributed by atoms with Gasteiger partial charge in [-0.25, -0.2) is 0 Å². The number of hydrogen-bond acceptors (Lipinski definition) is 2. The molecule has 6 aromatic rings. The topological polar surface area (TPSA) is 41.6 Å².